The van der Waals surface area contributed by atoms with Gasteiger partial charge in [-0.2, -0.15) is 0 Å². The number of hydrogen-bond donors (Lipinski definition) is 1. The third-order valence-corrected chi connectivity index (χ3v) is 5.45. The summed E-state index contributed by atoms with van der Waals surface area (Å²) in [5, 5.41) is 1.97. The van der Waals surface area contributed by atoms with Crippen LogP contribution in [-0.2, 0) is 10.0 Å². The van der Waals surface area contributed by atoms with E-state index < -0.39 is 10.0 Å². The summed E-state index contributed by atoms with van der Waals surface area (Å²) in [6.07, 6.45) is 3.89. The quantitative estimate of drug-likeness (QED) is 0.779. The molecule has 2 heterocycles. The van der Waals surface area contributed by atoms with Gasteiger partial charge in [0.1, 0.15) is 0 Å². The van der Waals surface area contributed by atoms with Gasteiger partial charge >= 0.3 is 0 Å². The van der Waals surface area contributed by atoms with Gasteiger partial charge in [0.15, 0.2) is 4.96 Å². The second-order valence-electron chi connectivity index (χ2n) is 5.49. The molecule has 1 N–H and O–H groups in total. The minimum atomic E-state index is -3.44. The number of thiazole rings is 1. The van der Waals surface area contributed by atoms with Crippen molar-refractivity contribution >= 4 is 26.3 Å². The number of fused-ring (bicyclic) bond motifs is 1. The Morgan fingerprint density at radius 3 is 2.64 bits per heavy atom. The summed E-state index contributed by atoms with van der Waals surface area (Å²) < 4.78 is 28.9. The Hall–Kier alpha value is -1.70. The van der Waals surface area contributed by atoms with Crippen LogP contribution in [0.1, 0.15) is 13.8 Å². The highest BCUT2D eigenvalue weighted by Crippen LogP contribution is 2.23. The van der Waals surface area contributed by atoms with Gasteiger partial charge in [0.2, 0.25) is 10.0 Å². The van der Waals surface area contributed by atoms with Gasteiger partial charge in [-0.3, -0.25) is 4.40 Å². The Labute approximate surface area is 133 Å². The maximum atomic E-state index is 12.2. The topological polar surface area (TPSA) is 63.5 Å². The smallest absolute Gasteiger partial charge is 0.240 e. The van der Waals surface area contributed by atoms with Crippen LogP contribution < -0.4 is 4.72 Å². The van der Waals surface area contributed by atoms with Gasteiger partial charge in [0.05, 0.1) is 10.6 Å². The molecule has 0 saturated carbocycles. The maximum Gasteiger partial charge on any atom is 0.240 e. The number of nitrogens with zero attached hydrogens (tertiary/aromatic N) is 2. The number of hydrogen-bond acceptors (Lipinski definition) is 4. The fraction of sp³-hybridized carbons (Fsp3) is 0.267. The van der Waals surface area contributed by atoms with Crippen LogP contribution in [0.3, 0.4) is 0 Å². The Balaban J connectivity index is 1.84. The molecular formula is C15H17N3O2S2. The van der Waals surface area contributed by atoms with Gasteiger partial charge in [-0.05, 0) is 18.1 Å². The molecule has 7 heteroatoms. The van der Waals surface area contributed by atoms with Crippen LogP contribution in [0.25, 0.3) is 16.2 Å². The Morgan fingerprint density at radius 2 is 2.00 bits per heavy atom. The molecule has 0 bridgehead atoms. The van der Waals surface area contributed by atoms with Crippen molar-refractivity contribution in [2.24, 2.45) is 5.92 Å². The molecule has 0 atom stereocenters. The Kier molecular flexibility index (Phi) is 4.03. The highest BCUT2D eigenvalue weighted by atomic mass is 32.2. The van der Waals surface area contributed by atoms with Crippen molar-refractivity contribution in [3.63, 3.8) is 0 Å². The number of aromatic nitrogens is 2. The maximum absolute atomic E-state index is 12.2. The molecule has 116 valence electrons. The lowest BCUT2D eigenvalue weighted by Crippen LogP contribution is -2.27. The standard InChI is InChI=1S/C15H17N3O2S2/c1-11(2)9-16-22(19,20)13-5-3-12(4-6-13)14-10-18-7-8-21-15(18)17-14/h3-8,10-11,16H,9H2,1-2H3. The van der Waals surface area contributed by atoms with Crippen LogP contribution in [0.15, 0.2) is 46.9 Å². The molecule has 3 rings (SSSR count). The van der Waals surface area contributed by atoms with Crippen molar-refractivity contribution in [1.82, 2.24) is 14.1 Å². The SMILES string of the molecule is CC(C)CNS(=O)(=O)c1ccc(-c2cn3ccsc3n2)cc1. The third kappa shape index (κ3) is 3.06. The lowest BCUT2D eigenvalue weighted by atomic mass is 10.2. The highest BCUT2D eigenvalue weighted by molar-refractivity contribution is 7.89. The summed E-state index contributed by atoms with van der Waals surface area (Å²) in [5.74, 6) is 0.271. The predicted molar refractivity (Wildman–Crippen MR) is 88.5 cm³/mol. The van der Waals surface area contributed by atoms with E-state index in [-0.39, 0.29) is 10.8 Å². The summed E-state index contributed by atoms with van der Waals surface area (Å²) in [6.45, 7) is 4.37. The lowest BCUT2D eigenvalue weighted by molar-refractivity contribution is 0.560. The highest BCUT2D eigenvalue weighted by Gasteiger charge is 2.14. The number of benzene rings is 1. The van der Waals surface area contributed by atoms with Gasteiger partial charge in [-0.15, -0.1) is 11.3 Å². The normalized spacial score (nSPS) is 12.3. The van der Waals surface area contributed by atoms with E-state index in [2.05, 4.69) is 9.71 Å². The van der Waals surface area contributed by atoms with E-state index in [1.165, 1.54) is 0 Å². The van der Waals surface area contributed by atoms with Crippen LogP contribution in [0.5, 0.6) is 0 Å². The minimum absolute atomic E-state index is 0.271. The van der Waals surface area contributed by atoms with Crippen LogP contribution in [0.2, 0.25) is 0 Å². The van der Waals surface area contributed by atoms with Crippen molar-refractivity contribution in [3.8, 4) is 11.3 Å². The fourth-order valence-electron chi connectivity index (χ4n) is 2.03. The van der Waals surface area contributed by atoms with E-state index in [0.29, 0.717) is 6.54 Å². The predicted octanol–water partition coefficient (Wildman–Crippen LogP) is 3.00. The van der Waals surface area contributed by atoms with Crippen LogP contribution in [-0.4, -0.2) is 24.3 Å². The molecular weight excluding hydrogens is 318 g/mol. The van der Waals surface area contributed by atoms with Crippen molar-refractivity contribution in [2.45, 2.75) is 18.7 Å². The van der Waals surface area contributed by atoms with E-state index in [4.69, 9.17) is 0 Å². The number of nitrogens with one attached hydrogen (secondary N) is 1. The minimum Gasteiger partial charge on any atom is -0.297 e. The van der Waals surface area contributed by atoms with Crippen LogP contribution >= 0.6 is 11.3 Å². The molecule has 1 aromatic carbocycles. The van der Waals surface area contributed by atoms with Crippen molar-refractivity contribution in [1.29, 1.82) is 0 Å². The lowest BCUT2D eigenvalue weighted by Gasteiger charge is -2.09. The second-order valence-corrected chi connectivity index (χ2v) is 8.13. The molecule has 0 aliphatic heterocycles. The average Bonchev–Trinajstić information content (AvgIpc) is 3.06. The summed E-state index contributed by atoms with van der Waals surface area (Å²) in [7, 11) is -3.44. The Morgan fingerprint density at radius 1 is 1.27 bits per heavy atom. The summed E-state index contributed by atoms with van der Waals surface area (Å²) in [4.78, 5) is 5.71. The molecule has 0 fully saturated rings. The van der Waals surface area contributed by atoms with E-state index >= 15 is 0 Å². The van der Waals surface area contributed by atoms with Crippen LogP contribution in [0.4, 0.5) is 0 Å². The molecule has 0 unspecified atom stereocenters. The van der Waals surface area contributed by atoms with E-state index in [0.717, 1.165) is 16.2 Å². The van der Waals surface area contributed by atoms with Gasteiger partial charge in [0, 0.05) is 29.9 Å². The first kappa shape index (κ1) is 15.2. The number of imidazole rings is 1. The number of sulfonamides is 1. The summed E-state index contributed by atoms with van der Waals surface area (Å²) in [5.41, 5.74) is 1.74. The summed E-state index contributed by atoms with van der Waals surface area (Å²) in [6, 6.07) is 6.81. The van der Waals surface area contributed by atoms with Crippen molar-refractivity contribution < 1.29 is 8.42 Å². The Bertz CT molecular complexity index is 849. The first-order valence-electron chi connectivity index (χ1n) is 6.98. The van der Waals surface area contributed by atoms with Crippen molar-refractivity contribution in [2.75, 3.05) is 6.54 Å². The molecule has 5 nitrogen and oxygen atoms in total. The third-order valence-electron chi connectivity index (χ3n) is 3.24. The van der Waals surface area contributed by atoms with Gasteiger partial charge in [0.25, 0.3) is 0 Å². The first-order chi connectivity index (χ1) is 10.5. The molecule has 3 aromatic rings. The molecule has 0 spiro atoms. The summed E-state index contributed by atoms with van der Waals surface area (Å²) >= 11 is 1.57. The second kappa shape index (κ2) is 5.83. The zero-order valence-corrected chi connectivity index (χ0v) is 14.0. The average molecular weight is 335 g/mol. The van der Waals surface area contributed by atoms with Gasteiger partial charge < -0.3 is 0 Å². The zero-order valence-electron chi connectivity index (χ0n) is 12.4. The molecule has 2 aromatic heterocycles. The van der Waals surface area contributed by atoms with Crippen molar-refractivity contribution in [3.05, 3.63) is 42.0 Å². The van der Waals surface area contributed by atoms with Crippen LogP contribution in [0, 0.1) is 5.92 Å². The van der Waals surface area contributed by atoms with E-state index in [9.17, 15) is 8.42 Å². The van der Waals surface area contributed by atoms with E-state index in [1.807, 2.05) is 36.0 Å². The van der Waals surface area contributed by atoms with E-state index in [1.54, 1.807) is 35.6 Å². The first-order valence-corrected chi connectivity index (χ1v) is 9.34. The molecule has 0 aliphatic rings. The van der Waals surface area contributed by atoms with Gasteiger partial charge in [-0.25, -0.2) is 18.1 Å². The zero-order chi connectivity index (χ0) is 15.7. The molecule has 22 heavy (non-hydrogen) atoms. The molecule has 0 saturated heterocycles. The number of rotatable bonds is 5. The monoisotopic (exact) mass is 335 g/mol. The largest absolute Gasteiger partial charge is 0.297 e. The molecule has 0 amide bonds. The molecule has 0 aliphatic carbocycles. The fourth-order valence-corrected chi connectivity index (χ4v) is 3.94. The van der Waals surface area contributed by atoms with Gasteiger partial charge in [-0.1, -0.05) is 26.0 Å². The molecule has 0 radical (unpaired) electrons.